The van der Waals surface area contributed by atoms with Crippen LogP contribution in [0, 0.1) is 0 Å². The number of phenols is 2. The van der Waals surface area contributed by atoms with E-state index in [1.165, 1.54) is 29.7 Å². The van der Waals surface area contributed by atoms with E-state index in [0.717, 1.165) is 10.9 Å². The summed E-state index contributed by atoms with van der Waals surface area (Å²) in [5.41, 5.74) is 2.35. The van der Waals surface area contributed by atoms with Crippen LogP contribution in [0.4, 0.5) is 0 Å². The predicted molar refractivity (Wildman–Crippen MR) is 69.2 cm³/mol. The van der Waals surface area contributed by atoms with Crippen molar-refractivity contribution in [1.82, 2.24) is 5.43 Å². The van der Waals surface area contributed by atoms with Gasteiger partial charge in [-0.15, -0.1) is 11.3 Å². The van der Waals surface area contributed by atoms with Gasteiger partial charge in [0, 0.05) is 10.9 Å². The molecule has 0 fully saturated rings. The lowest BCUT2D eigenvalue weighted by atomic mass is 10.2. The summed E-state index contributed by atoms with van der Waals surface area (Å²) < 4.78 is 0. The van der Waals surface area contributed by atoms with Gasteiger partial charge in [-0.05, 0) is 23.6 Å². The van der Waals surface area contributed by atoms with Gasteiger partial charge in [0.25, 0.3) is 5.91 Å². The molecule has 18 heavy (non-hydrogen) atoms. The van der Waals surface area contributed by atoms with E-state index in [4.69, 9.17) is 5.11 Å². The van der Waals surface area contributed by atoms with E-state index < -0.39 is 5.91 Å². The number of benzene rings is 1. The molecule has 0 saturated heterocycles. The van der Waals surface area contributed by atoms with Gasteiger partial charge in [0.1, 0.15) is 11.5 Å². The first-order valence-corrected chi connectivity index (χ1v) is 5.93. The number of thiophene rings is 1. The maximum atomic E-state index is 11.6. The van der Waals surface area contributed by atoms with Gasteiger partial charge >= 0.3 is 0 Å². The number of phenolic OH excluding ortho intramolecular Hbond substituents is 2. The maximum Gasteiger partial charge on any atom is 0.275 e. The highest BCUT2D eigenvalue weighted by molar-refractivity contribution is 7.11. The summed E-state index contributed by atoms with van der Waals surface area (Å²) >= 11 is 1.49. The standard InChI is InChI=1S/C12H10N2O3S/c15-8-3-4-10(11(16)6-8)12(17)14-13-7-9-2-1-5-18-9/h1-7,15-16H,(H,14,17)/b13-7+. The molecular formula is C12H10N2O3S. The monoisotopic (exact) mass is 262 g/mol. The number of hydrogen-bond acceptors (Lipinski definition) is 5. The van der Waals surface area contributed by atoms with Gasteiger partial charge in [-0.3, -0.25) is 4.79 Å². The van der Waals surface area contributed by atoms with Crippen molar-refractivity contribution in [3.63, 3.8) is 0 Å². The molecule has 0 bridgehead atoms. The smallest absolute Gasteiger partial charge is 0.275 e. The molecule has 92 valence electrons. The normalized spacial score (nSPS) is 10.7. The molecule has 2 rings (SSSR count). The number of hydrogen-bond donors (Lipinski definition) is 3. The molecule has 0 aliphatic heterocycles. The summed E-state index contributed by atoms with van der Waals surface area (Å²) in [6.07, 6.45) is 1.51. The molecule has 2 aromatic rings. The molecule has 1 amide bonds. The number of nitrogens with one attached hydrogen (secondary N) is 1. The van der Waals surface area contributed by atoms with Gasteiger partial charge in [0.05, 0.1) is 11.8 Å². The molecule has 0 spiro atoms. The van der Waals surface area contributed by atoms with Crippen molar-refractivity contribution in [2.75, 3.05) is 0 Å². The zero-order chi connectivity index (χ0) is 13.0. The highest BCUT2D eigenvalue weighted by atomic mass is 32.1. The van der Waals surface area contributed by atoms with Crippen LogP contribution in [0.1, 0.15) is 15.2 Å². The summed E-state index contributed by atoms with van der Waals surface area (Å²) in [7, 11) is 0. The van der Waals surface area contributed by atoms with E-state index >= 15 is 0 Å². The Bertz CT molecular complexity index is 579. The van der Waals surface area contributed by atoms with E-state index in [0.29, 0.717) is 0 Å². The van der Waals surface area contributed by atoms with Crippen molar-refractivity contribution in [3.05, 3.63) is 46.2 Å². The van der Waals surface area contributed by atoms with E-state index in [2.05, 4.69) is 10.5 Å². The average molecular weight is 262 g/mol. The first kappa shape index (κ1) is 12.1. The lowest BCUT2D eigenvalue weighted by molar-refractivity contribution is 0.0952. The second-order valence-electron chi connectivity index (χ2n) is 3.42. The Labute approximate surface area is 107 Å². The number of amides is 1. The fraction of sp³-hybridized carbons (Fsp3) is 0. The highest BCUT2D eigenvalue weighted by Gasteiger charge is 2.10. The first-order chi connectivity index (χ1) is 8.66. The molecule has 1 aromatic heterocycles. The van der Waals surface area contributed by atoms with E-state index in [1.54, 1.807) is 0 Å². The molecule has 1 heterocycles. The van der Waals surface area contributed by atoms with Crippen molar-refractivity contribution < 1.29 is 15.0 Å². The third-order valence-corrected chi connectivity index (χ3v) is 2.93. The Morgan fingerprint density at radius 2 is 2.17 bits per heavy atom. The van der Waals surface area contributed by atoms with E-state index in [9.17, 15) is 9.90 Å². The van der Waals surface area contributed by atoms with Gasteiger partial charge in [0.15, 0.2) is 0 Å². The number of nitrogens with zero attached hydrogens (tertiary/aromatic N) is 1. The highest BCUT2D eigenvalue weighted by Crippen LogP contribution is 2.22. The van der Waals surface area contributed by atoms with Gasteiger partial charge in [0.2, 0.25) is 0 Å². The molecule has 0 aliphatic carbocycles. The maximum absolute atomic E-state index is 11.6. The topological polar surface area (TPSA) is 81.9 Å². The number of hydrazone groups is 1. The van der Waals surface area contributed by atoms with E-state index in [-0.39, 0.29) is 17.1 Å². The second kappa shape index (κ2) is 5.33. The molecular weight excluding hydrogens is 252 g/mol. The lowest BCUT2D eigenvalue weighted by Crippen LogP contribution is -2.17. The quantitative estimate of drug-likeness (QED) is 0.584. The number of carbonyl (C=O) groups excluding carboxylic acids is 1. The molecule has 6 heteroatoms. The SMILES string of the molecule is O=C(N/N=C/c1cccs1)c1ccc(O)cc1O. The first-order valence-electron chi connectivity index (χ1n) is 5.06. The second-order valence-corrected chi connectivity index (χ2v) is 4.40. The number of rotatable bonds is 3. The van der Waals surface area contributed by atoms with E-state index in [1.807, 2.05) is 17.5 Å². The molecule has 1 aromatic carbocycles. The summed E-state index contributed by atoms with van der Waals surface area (Å²) in [5.74, 6) is -0.940. The van der Waals surface area contributed by atoms with Crippen LogP contribution in [0.3, 0.4) is 0 Å². The Kier molecular flexibility index (Phi) is 3.59. The summed E-state index contributed by atoms with van der Waals surface area (Å²) in [5, 5.41) is 24.2. The average Bonchev–Trinajstić information content (AvgIpc) is 2.81. The summed E-state index contributed by atoms with van der Waals surface area (Å²) in [4.78, 5) is 12.5. The van der Waals surface area contributed by atoms with Crippen molar-refractivity contribution in [3.8, 4) is 11.5 Å². The third-order valence-electron chi connectivity index (χ3n) is 2.13. The van der Waals surface area contributed by atoms with Crippen LogP contribution in [0.15, 0.2) is 40.8 Å². The predicted octanol–water partition coefficient (Wildman–Crippen LogP) is 1.92. The zero-order valence-electron chi connectivity index (χ0n) is 9.20. The number of aromatic hydroxyl groups is 2. The van der Waals surface area contributed by atoms with Crippen molar-refractivity contribution in [2.45, 2.75) is 0 Å². The lowest BCUT2D eigenvalue weighted by Gasteiger charge is -2.02. The minimum Gasteiger partial charge on any atom is -0.508 e. The Balaban J connectivity index is 2.04. The molecule has 3 N–H and O–H groups in total. The Hall–Kier alpha value is -2.34. The van der Waals surface area contributed by atoms with Crippen molar-refractivity contribution in [1.29, 1.82) is 0 Å². The minimum atomic E-state index is -0.541. The minimum absolute atomic E-state index is 0.0520. The number of carbonyl (C=O) groups is 1. The Morgan fingerprint density at radius 1 is 1.33 bits per heavy atom. The van der Waals surface area contributed by atoms with Crippen LogP contribution in [-0.2, 0) is 0 Å². The van der Waals surface area contributed by atoms with Crippen LogP contribution in [0.5, 0.6) is 11.5 Å². The van der Waals surface area contributed by atoms with Crippen molar-refractivity contribution >= 4 is 23.5 Å². The fourth-order valence-electron chi connectivity index (χ4n) is 1.29. The Morgan fingerprint density at radius 3 is 2.83 bits per heavy atom. The van der Waals surface area contributed by atoms with Crippen LogP contribution in [0.2, 0.25) is 0 Å². The van der Waals surface area contributed by atoms with Crippen LogP contribution in [-0.4, -0.2) is 22.3 Å². The molecule has 0 radical (unpaired) electrons. The van der Waals surface area contributed by atoms with Crippen LogP contribution in [0.25, 0.3) is 0 Å². The molecule has 0 unspecified atom stereocenters. The van der Waals surface area contributed by atoms with Gasteiger partial charge in [-0.2, -0.15) is 5.10 Å². The van der Waals surface area contributed by atoms with Crippen molar-refractivity contribution in [2.24, 2.45) is 5.10 Å². The summed E-state index contributed by atoms with van der Waals surface area (Å²) in [6, 6.07) is 7.47. The third kappa shape index (κ3) is 2.86. The zero-order valence-corrected chi connectivity index (χ0v) is 10.0. The molecule has 0 aliphatic rings. The van der Waals surface area contributed by atoms with Crippen LogP contribution < -0.4 is 5.43 Å². The van der Waals surface area contributed by atoms with Gasteiger partial charge in [-0.1, -0.05) is 6.07 Å². The van der Waals surface area contributed by atoms with Gasteiger partial charge < -0.3 is 10.2 Å². The van der Waals surface area contributed by atoms with Gasteiger partial charge in [-0.25, -0.2) is 5.43 Å². The molecule has 0 saturated carbocycles. The summed E-state index contributed by atoms with van der Waals surface area (Å²) in [6.45, 7) is 0. The molecule has 5 nitrogen and oxygen atoms in total. The van der Waals surface area contributed by atoms with Crippen LogP contribution >= 0.6 is 11.3 Å². The fourth-order valence-corrected chi connectivity index (χ4v) is 1.88. The molecule has 0 atom stereocenters. The largest absolute Gasteiger partial charge is 0.508 e.